The third-order valence-electron chi connectivity index (χ3n) is 1.48. The molecule has 1 aromatic rings. The van der Waals surface area contributed by atoms with E-state index in [9.17, 15) is 9.59 Å². The first-order valence-corrected chi connectivity index (χ1v) is 4.52. The van der Waals surface area contributed by atoms with Gasteiger partial charge in [0.15, 0.2) is 4.67 Å². The van der Waals surface area contributed by atoms with E-state index >= 15 is 0 Å². The minimum atomic E-state index is -0.502. The van der Waals surface area contributed by atoms with Gasteiger partial charge in [-0.05, 0) is 22.0 Å². The van der Waals surface area contributed by atoms with Gasteiger partial charge in [0.25, 0.3) is 5.91 Å². The maximum absolute atomic E-state index is 11.3. The fourth-order valence-corrected chi connectivity index (χ4v) is 1.20. The molecule has 0 aliphatic carbocycles. The molecule has 0 fully saturated rings. The second kappa shape index (κ2) is 4.80. The number of hydrogen-bond acceptors (Lipinski definition) is 4. The van der Waals surface area contributed by atoms with Crippen LogP contribution in [0.15, 0.2) is 21.4 Å². The van der Waals surface area contributed by atoms with Crippen LogP contribution in [0.25, 0.3) is 0 Å². The molecule has 14 heavy (non-hydrogen) atoms. The molecule has 1 rings (SSSR count). The highest BCUT2D eigenvalue weighted by Gasteiger charge is 2.13. The monoisotopic (exact) mass is 261 g/mol. The zero-order valence-electron chi connectivity index (χ0n) is 7.37. The van der Waals surface area contributed by atoms with Gasteiger partial charge >= 0.3 is 5.97 Å². The van der Waals surface area contributed by atoms with Crippen LogP contribution in [0.1, 0.15) is 10.4 Å². The topological polar surface area (TPSA) is 68.5 Å². The zero-order chi connectivity index (χ0) is 10.6. The highest BCUT2D eigenvalue weighted by Crippen LogP contribution is 2.16. The molecular formula is C8H8BrNO4. The SMILES string of the molecule is COC(=O)CNC(=O)c1ccoc1Br. The van der Waals surface area contributed by atoms with Crippen LogP contribution in [0.2, 0.25) is 0 Å². The molecular weight excluding hydrogens is 254 g/mol. The first kappa shape index (κ1) is 10.8. The van der Waals surface area contributed by atoms with E-state index in [2.05, 4.69) is 26.0 Å². The van der Waals surface area contributed by atoms with Crippen molar-refractivity contribution in [3.05, 3.63) is 22.6 Å². The number of methoxy groups -OCH3 is 1. The lowest BCUT2D eigenvalue weighted by Crippen LogP contribution is -2.29. The average Bonchev–Trinajstić information content (AvgIpc) is 2.60. The van der Waals surface area contributed by atoms with Crippen molar-refractivity contribution >= 4 is 27.8 Å². The summed E-state index contributed by atoms with van der Waals surface area (Å²) in [5, 5.41) is 2.37. The number of rotatable bonds is 3. The van der Waals surface area contributed by atoms with Crippen molar-refractivity contribution in [1.82, 2.24) is 5.32 Å². The van der Waals surface area contributed by atoms with Crippen LogP contribution < -0.4 is 5.32 Å². The Morgan fingerprint density at radius 3 is 2.86 bits per heavy atom. The first-order valence-electron chi connectivity index (χ1n) is 3.73. The van der Waals surface area contributed by atoms with Crippen LogP contribution in [-0.4, -0.2) is 25.5 Å². The van der Waals surface area contributed by atoms with Gasteiger partial charge in [-0.1, -0.05) is 0 Å². The number of esters is 1. The van der Waals surface area contributed by atoms with Crippen LogP contribution in [0, 0.1) is 0 Å². The molecule has 0 aromatic carbocycles. The summed E-state index contributed by atoms with van der Waals surface area (Å²) in [5.74, 6) is -0.894. The number of furan rings is 1. The summed E-state index contributed by atoms with van der Waals surface area (Å²) in [4.78, 5) is 22.0. The van der Waals surface area contributed by atoms with E-state index in [-0.39, 0.29) is 6.54 Å². The minimum Gasteiger partial charge on any atom is -0.468 e. The number of nitrogens with one attached hydrogen (secondary N) is 1. The number of ether oxygens (including phenoxy) is 1. The predicted molar refractivity (Wildman–Crippen MR) is 50.8 cm³/mol. The van der Waals surface area contributed by atoms with Crippen molar-refractivity contribution in [3.63, 3.8) is 0 Å². The van der Waals surface area contributed by atoms with Crippen molar-refractivity contribution in [2.24, 2.45) is 0 Å². The molecule has 1 aromatic heterocycles. The molecule has 0 spiro atoms. The summed E-state index contributed by atoms with van der Waals surface area (Å²) in [6, 6.07) is 1.50. The Hall–Kier alpha value is -1.30. The Kier molecular flexibility index (Phi) is 3.70. The van der Waals surface area contributed by atoms with Crippen molar-refractivity contribution in [3.8, 4) is 0 Å². The van der Waals surface area contributed by atoms with E-state index in [0.29, 0.717) is 10.2 Å². The summed E-state index contributed by atoms with van der Waals surface area (Å²) < 4.78 is 9.55. The van der Waals surface area contributed by atoms with E-state index in [1.165, 1.54) is 19.4 Å². The highest BCUT2D eigenvalue weighted by molar-refractivity contribution is 9.10. The van der Waals surface area contributed by atoms with E-state index < -0.39 is 11.9 Å². The predicted octanol–water partition coefficient (Wildman–Crippen LogP) is 0.945. The molecule has 5 nitrogen and oxygen atoms in total. The summed E-state index contributed by atoms with van der Waals surface area (Å²) in [6.45, 7) is -0.160. The Morgan fingerprint density at radius 2 is 2.36 bits per heavy atom. The number of amides is 1. The Bertz CT molecular complexity index is 347. The molecule has 0 saturated carbocycles. The van der Waals surface area contributed by atoms with Gasteiger partial charge in [0, 0.05) is 0 Å². The summed E-state index contributed by atoms with van der Waals surface area (Å²) >= 11 is 3.05. The largest absolute Gasteiger partial charge is 0.468 e. The first-order chi connectivity index (χ1) is 6.65. The van der Waals surface area contributed by atoms with Crippen LogP contribution in [0.3, 0.4) is 0 Å². The zero-order valence-corrected chi connectivity index (χ0v) is 8.96. The molecule has 0 saturated heterocycles. The molecule has 0 aliphatic heterocycles. The Labute approximate surface area is 88.5 Å². The van der Waals surface area contributed by atoms with Crippen LogP contribution in [0.5, 0.6) is 0 Å². The van der Waals surface area contributed by atoms with Crippen molar-refractivity contribution in [1.29, 1.82) is 0 Å². The summed E-state index contributed by atoms with van der Waals surface area (Å²) in [7, 11) is 1.25. The summed E-state index contributed by atoms with van der Waals surface area (Å²) in [6.07, 6.45) is 1.37. The Balaban J connectivity index is 2.52. The lowest BCUT2D eigenvalue weighted by atomic mass is 10.3. The molecule has 0 bridgehead atoms. The highest BCUT2D eigenvalue weighted by atomic mass is 79.9. The molecule has 76 valence electrons. The lowest BCUT2D eigenvalue weighted by Gasteiger charge is -2.01. The molecule has 0 atom stereocenters. The van der Waals surface area contributed by atoms with E-state index in [0.717, 1.165) is 0 Å². The van der Waals surface area contributed by atoms with Gasteiger partial charge in [0.1, 0.15) is 6.54 Å². The van der Waals surface area contributed by atoms with Gasteiger partial charge in [-0.25, -0.2) is 0 Å². The number of carbonyl (C=O) groups excluding carboxylic acids is 2. The smallest absolute Gasteiger partial charge is 0.325 e. The molecule has 0 aliphatic rings. The Morgan fingerprint density at radius 1 is 1.64 bits per heavy atom. The number of carbonyl (C=O) groups is 2. The second-order valence-electron chi connectivity index (χ2n) is 2.37. The fraction of sp³-hybridized carbons (Fsp3) is 0.250. The van der Waals surface area contributed by atoms with Crippen LogP contribution in [0.4, 0.5) is 0 Å². The van der Waals surface area contributed by atoms with Gasteiger partial charge in [0.2, 0.25) is 0 Å². The average molecular weight is 262 g/mol. The number of hydrogen-bond donors (Lipinski definition) is 1. The maximum Gasteiger partial charge on any atom is 0.325 e. The maximum atomic E-state index is 11.3. The standard InChI is InChI=1S/C8H8BrNO4/c1-13-6(11)4-10-8(12)5-2-3-14-7(5)9/h2-3H,4H2,1H3,(H,10,12). The molecule has 1 heterocycles. The second-order valence-corrected chi connectivity index (χ2v) is 3.09. The summed E-state index contributed by atoms with van der Waals surface area (Å²) in [5.41, 5.74) is 0.342. The van der Waals surface area contributed by atoms with E-state index in [4.69, 9.17) is 4.42 Å². The van der Waals surface area contributed by atoms with Crippen LogP contribution in [-0.2, 0) is 9.53 Å². The van der Waals surface area contributed by atoms with Crippen molar-refractivity contribution in [2.75, 3.05) is 13.7 Å². The van der Waals surface area contributed by atoms with Gasteiger partial charge in [-0.15, -0.1) is 0 Å². The third-order valence-corrected chi connectivity index (χ3v) is 2.10. The number of halogens is 1. The molecule has 0 unspecified atom stereocenters. The quantitative estimate of drug-likeness (QED) is 0.823. The van der Waals surface area contributed by atoms with Gasteiger partial charge in [0.05, 0.1) is 18.9 Å². The van der Waals surface area contributed by atoms with Gasteiger partial charge in [-0.3, -0.25) is 9.59 Å². The van der Waals surface area contributed by atoms with E-state index in [1.54, 1.807) is 0 Å². The van der Waals surface area contributed by atoms with Gasteiger partial charge < -0.3 is 14.5 Å². The minimum absolute atomic E-state index is 0.160. The third kappa shape index (κ3) is 2.59. The van der Waals surface area contributed by atoms with Crippen molar-refractivity contribution in [2.45, 2.75) is 0 Å². The molecule has 1 N–H and O–H groups in total. The van der Waals surface area contributed by atoms with Crippen molar-refractivity contribution < 1.29 is 18.7 Å². The molecule has 1 amide bonds. The van der Waals surface area contributed by atoms with Crippen LogP contribution >= 0.6 is 15.9 Å². The van der Waals surface area contributed by atoms with E-state index in [1.807, 2.05) is 0 Å². The molecule has 0 radical (unpaired) electrons. The fourth-order valence-electron chi connectivity index (χ4n) is 0.776. The molecule has 6 heteroatoms. The lowest BCUT2D eigenvalue weighted by molar-refractivity contribution is -0.139. The normalized spacial score (nSPS) is 9.57. The van der Waals surface area contributed by atoms with Gasteiger partial charge in [-0.2, -0.15) is 0 Å².